The van der Waals surface area contributed by atoms with Crippen molar-refractivity contribution in [3.8, 4) is 5.75 Å². The summed E-state index contributed by atoms with van der Waals surface area (Å²) in [6.45, 7) is 0.500. The van der Waals surface area contributed by atoms with Crippen molar-refractivity contribution in [2.75, 3.05) is 19.9 Å². The number of ether oxygens (including phenoxy) is 1. The van der Waals surface area contributed by atoms with Gasteiger partial charge in [-0.05, 0) is 29.8 Å². The molecule has 1 aromatic heterocycles. The first kappa shape index (κ1) is 13.9. The molecule has 0 aliphatic carbocycles. The third kappa shape index (κ3) is 3.26. The van der Waals surface area contributed by atoms with E-state index in [0.29, 0.717) is 17.9 Å². The van der Waals surface area contributed by atoms with Gasteiger partial charge in [0, 0.05) is 19.8 Å². The van der Waals surface area contributed by atoms with E-state index in [1.807, 2.05) is 24.3 Å². The van der Waals surface area contributed by atoms with Crippen molar-refractivity contribution in [3.63, 3.8) is 0 Å². The molecule has 1 heterocycles. The molecule has 2 rings (SSSR count). The zero-order valence-electron chi connectivity index (χ0n) is 11.5. The van der Waals surface area contributed by atoms with Gasteiger partial charge >= 0.3 is 0 Å². The second-order valence-corrected chi connectivity index (χ2v) is 4.48. The van der Waals surface area contributed by atoms with Gasteiger partial charge in [-0.15, -0.1) is 0 Å². The van der Waals surface area contributed by atoms with Crippen molar-refractivity contribution in [2.24, 2.45) is 0 Å². The molecule has 2 aromatic rings. The average molecular weight is 271 g/mol. The van der Waals surface area contributed by atoms with Crippen LogP contribution in [0, 0.1) is 0 Å². The van der Waals surface area contributed by atoms with Crippen LogP contribution in [0.25, 0.3) is 0 Å². The standard InChI is InChI=1S/C15H17N3O2/c1-18(10-11-4-3-5-13(8-11)20-2)15(19)12-6-7-14(16)17-9-12/h3-9H,10H2,1-2H3,(H2,16,17). The van der Waals surface area contributed by atoms with Crippen molar-refractivity contribution < 1.29 is 9.53 Å². The smallest absolute Gasteiger partial charge is 0.255 e. The first-order valence-corrected chi connectivity index (χ1v) is 6.20. The van der Waals surface area contributed by atoms with Gasteiger partial charge in [0.05, 0.1) is 12.7 Å². The number of nitrogens with zero attached hydrogens (tertiary/aromatic N) is 2. The maximum absolute atomic E-state index is 12.2. The lowest BCUT2D eigenvalue weighted by atomic mass is 10.2. The molecule has 5 heteroatoms. The van der Waals surface area contributed by atoms with E-state index in [1.54, 1.807) is 31.2 Å². The normalized spacial score (nSPS) is 10.1. The number of amides is 1. The minimum absolute atomic E-state index is 0.0969. The van der Waals surface area contributed by atoms with Crippen molar-refractivity contribution in [1.82, 2.24) is 9.88 Å². The number of anilines is 1. The van der Waals surface area contributed by atoms with Gasteiger partial charge in [-0.3, -0.25) is 4.79 Å². The Morgan fingerprint density at radius 1 is 1.35 bits per heavy atom. The summed E-state index contributed by atoms with van der Waals surface area (Å²) in [4.78, 5) is 17.8. The first-order chi connectivity index (χ1) is 9.60. The summed E-state index contributed by atoms with van der Waals surface area (Å²) in [6.07, 6.45) is 1.49. The number of nitrogen functional groups attached to an aromatic ring is 1. The summed E-state index contributed by atoms with van der Waals surface area (Å²) < 4.78 is 5.17. The van der Waals surface area contributed by atoms with Gasteiger partial charge in [0.1, 0.15) is 11.6 Å². The third-order valence-corrected chi connectivity index (χ3v) is 2.93. The number of benzene rings is 1. The Balaban J connectivity index is 2.09. The first-order valence-electron chi connectivity index (χ1n) is 6.20. The second-order valence-electron chi connectivity index (χ2n) is 4.48. The summed E-state index contributed by atoms with van der Waals surface area (Å²) >= 11 is 0. The lowest BCUT2D eigenvalue weighted by Gasteiger charge is -2.17. The number of aromatic nitrogens is 1. The summed E-state index contributed by atoms with van der Waals surface area (Å²) in [5.74, 6) is 1.08. The number of methoxy groups -OCH3 is 1. The van der Waals surface area contributed by atoms with Gasteiger partial charge in [-0.25, -0.2) is 4.98 Å². The van der Waals surface area contributed by atoms with Crippen LogP contribution in [0.15, 0.2) is 42.6 Å². The second kappa shape index (κ2) is 6.06. The van der Waals surface area contributed by atoms with E-state index >= 15 is 0 Å². The number of carbonyl (C=O) groups excluding carboxylic acids is 1. The van der Waals surface area contributed by atoms with Crippen LogP contribution in [0.1, 0.15) is 15.9 Å². The molecule has 20 heavy (non-hydrogen) atoms. The van der Waals surface area contributed by atoms with E-state index in [9.17, 15) is 4.79 Å². The van der Waals surface area contributed by atoms with Gasteiger partial charge in [0.15, 0.2) is 0 Å². The maximum atomic E-state index is 12.2. The number of carbonyl (C=O) groups is 1. The summed E-state index contributed by atoms with van der Waals surface area (Å²) in [5, 5.41) is 0. The topological polar surface area (TPSA) is 68.5 Å². The fourth-order valence-corrected chi connectivity index (χ4v) is 1.87. The highest BCUT2D eigenvalue weighted by Gasteiger charge is 2.12. The maximum Gasteiger partial charge on any atom is 0.255 e. The van der Waals surface area contributed by atoms with Crippen LogP contribution in [0.5, 0.6) is 5.75 Å². The van der Waals surface area contributed by atoms with Crippen molar-refractivity contribution >= 4 is 11.7 Å². The highest BCUT2D eigenvalue weighted by Crippen LogP contribution is 2.15. The molecular formula is C15H17N3O2. The van der Waals surface area contributed by atoms with Crippen LogP contribution in [-0.4, -0.2) is 29.9 Å². The van der Waals surface area contributed by atoms with E-state index < -0.39 is 0 Å². The minimum Gasteiger partial charge on any atom is -0.497 e. The van der Waals surface area contributed by atoms with E-state index in [-0.39, 0.29) is 5.91 Å². The Morgan fingerprint density at radius 2 is 2.15 bits per heavy atom. The highest BCUT2D eigenvalue weighted by atomic mass is 16.5. The fourth-order valence-electron chi connectivity index (χ4n) is 1.87. The summed E-state index contributed by atoms with van der Waals surface area (Å²) in [7, 11) is 3.37. The van der Waals surface area contributed by atoms with Gasteiger partial charge < -0.3 is 15.4 Å². The SMILES string of the molecule is COc1cccc(CN(C)C(=O)c2ccc(N)nc2)c1. The molecule has 1 amide bonds. The van der Waals surface area contributed by atoms with Crippen LogP contribution in [0.2, 0.25) is 0 Å². The Hall–Kier alpha value is -2.56. The number of hydrogen-bond acceptors (Lipinski definition) is 4. The van der Waals surface area contributed by atoms with Gasteiger partial charge in [-0.1, -0.05) is 12.1 Å². The molecule has 0 radical (unpaired) electrons. The van der Waals surface area contributed by atoms with Crippen LogP contribution in [-0.2, 0) is 6.54 Å². The summed E-state index contributed by atoms with van der Waals surface area (Å²) in [6, 6.07) is 10.9. The largest absolute Gasteiger partial charge is 0.497 e. The molecule has 2 N–H and O–H groups in total. The monoisotopic (exact) mass is 271 g/mol. The van der Waals surface area contributed by atoms with Crippen molar-refractivity contribution in [1.29, 1.82) is 0 Å². The number of hydrogen-bond donors (Lipinski definition) is 1. The van der Waals surface area contributed by atoms with E-state index in [1.165, 1.54) is 6.20 Å². The van der Waals surface area contributed by atoms with Gasteiger partial charge in [0.2, 0.25) is 0 Å². The van der Waals surface area contributed by atoms with E-state index in [2.05, 4.69) is 4.98 Å². The zero-order chi connectivity index (χ0) is 14.5. The van der Waals surface area contributed by atoms with Crippen LogP contribution in [0.3, 0.4) is 0 Å². The van der Waals surface area contributed by atoms with Crippen LogP contribution in [0.4, 0.5) is 5.82 Å². The molecule has 0 aliphatic rings. The predicted molar refractivity (Wildman–Crippen MR) is 77.4 cm³/mol. The van der Waals surface area contributed by atoms with E-state index in [0.717, 1.165) is 11.3 Å². The number of rotatable bonds is 4. The molecule has 5 nitrogen and oxygen atoms in total. The molecule has 0 bridgehead atoms. The Labute approximate surface area is 118 Å². The molecule has 0 spiro atoms. The van der Waals surface area contributed by atoms with Crippen molar-refractivity contribution in [3.05, 3.63) is 53.7 Å². The molecule has 0 atom stereocenters. The molecule has 0 fully saturated rings. The van der Waals surface area contributed by atoms with Crippen LogP contribution >= 0.6 is 0 Å². The predicted octanol–water partition coefficient (Wildman–Crippen LogP) is 1.94. The van der Waals surface area contributed by atoms with Gasteiger partial charge in [0.25, 0.3) is 5.91 Å². The zero-order valence-corrected chi connectivity index (χ0v) is 11.5. The fraction of sp³-hybridized carbons (Fsp3) is 0.200. The lowest BCUT2D eigenvalue weighted by Crippen LogP contribution is -2.26. The van der Waals surface area contributed by atoms with Crippen molar-refractivity contribution in [2.45, 2.75) is 6.54 Å². The molecule has 104 valence electrons. The van der Waals surface area contributed by atoms with E-state index in [4.69, 9.17) is 10.5 Å². The Kier molecular flexibility index (Phi) is 4.20. The lowest BCUT2D eigenvalue weighted by molar-refractivity contribution is 0.0784. The van der Waals surface area contributed by atoms with Crippen LogP contribution < -0.4 is 10.5 Å². The quantitative estimate of drug-likeness (QED) is 0.922. The number of nitrogens with two attached hydrogens (primary N) is 1. The Morgan fingerprint density at radius 3 is 2.80 bits per heavy atom. The molecule has 0 aliphatic heterocycles. The van der Waals surface area contributed by atoms with Gasteiger partial charge in [-0.2, -0.15) is 0 Å². The average Bonchev–Trinajstić information content (AvgIpc) is 2.47. The third-order valence-electron chi connectivity index (χ3n) is 2.93. The number of pyridine rings is 1. The molecule has 1 aromatic carbocycles. The highest BCUT2D eigenvalue weighted by molar-refractivity contribution is 5.93. The molecule has 0 saturated carbocycles. The minimum atomic E-state index is -0.0969. The summed E-state index contributed by atoms with van der Waals surface area (Å²) in [5.41, 5.74) is 7.03. The molecular weight excluding hydrogens is 254 g/mol. The Bertz CT molecular complexity index is 596. The molecule has 0 saturated heterocycles. The molecule has 0 unspecified atom stereocenters.